The largest absolute Gasteiger partial charge is 0.378 e. The number of nitrogens with one attached hydrogen (secondary N) is 1. The zero-order chi connectivity index (χ0) is 9.80. The summed E-state index contributed by atoms with van der Waals surface area (Å²) < 4.78 is 5.67. The zero-order valence-corrected chi connectivity index (χ0v) is 9.04. The van der Waals surface area contributed by atoms with Gasteiger partial charge in [-0.2, -0.15) is 0 Å². The summed E-state index contributed by atoms with van der Waals surface area (Å²) in [7, 11) is 0. The maximum Gasteiger partial charge on any atom is 0.0587 e. The Labute approximate surface area is 86.7 Å². The highest BCUT2D eigenvalue weighted by molar-refractivity contribution is 4.98. The van der Waals surface area contributed by atoms with Gasteiger partial charge >= 0.3 is 0 Å². The molecule has 2 aliphatic rings. The van der Waals surface area contributed by atoms with E-state index in [2.05, 4.69) is 24.4 Å². The van der Waals surface area contributed by atoms with Crippen molar-refractivity contribution in [1.29, 1.82) is 0 Å². The van der Waals surface area contributed by atoms with Crippen LogP contribution in [0.5, 0.6) is 0 Å². The molecule has 0 aromatic rings. The van der Waals surface area contributed by atoms with Gasteiger partial charge in [0.25, 0.3) is 0 Å². The molecule has 2 heteroatoms. The van der Waals surface area contributed by atoms with Crippen LogP contribution in [0.25, 0.3) is 0 Å². The average Bonchev–Trinajstić information content (AvgIpc) is 2.71. The molecule has 2 nitrogen and oxygen atoms in total. The van der Waals surface area contributed by atoms with E-state index in [4.69, 9.17) is 4.74 Å². The van der Waals surface area contributed by atoms with E-state index in [1.807, 2.05) is 0 Å². The van der Waals surface area contributed by atoms with Gasteiger partial charge in [-0.1, -0.05) is 19.1 Å². The van der Waals surface area contributed by atoms with Gasteiger partial charge in [-0.05, 0) is 32.1 Å². The molecule has 1 fully saturated rings. The van der Waals surface area contributed by atoms with Crippen molar-refractivity contribution in [3.63, 3.8) is 0 Å². The Bertz CT molecular complexity index is 194. The molecule has 0 bridgehead atoms. The van der Waals surface area contributed by atoms with Gasteiger partial charge in [-0.15, -0.1) is 0 Å². The van der Waals surface area contributed by atoms with Crippen molar-refractivity contribution in [2.75, 3.05) is 6.61 Å². The van der Waals surface area contributed by atoms with Crippen molar-refractivity contribution in [1.82, 2.24) is 5.32 Å². The van der Waals surface area contributed by atoms with E-state index in [9.17, 15) is 0 Å². The molecule has 0 aromatic carbocycles. The second-order valence-electron chi connectivity index (χ2n) is 4.43. The fourth-order valence-electron chi connectivity index (χ4n) is 2.40. The molecule has 2 atom stereocenters. The Morgan fingerprint density at radius 3 is 2.79 bits per heavy atom. The Hall–Kier alpha value is -0.340. The highest BCUT2D eigenvalue weighted by Crippen LogP contribution is 2.19. The van der Waals surface area contributed by atoms with Crippen LogP contribution in [-0.4, -0.2) is 24.8 Å². The van der Waals surface area contributed by atoms with Crippen LogP contribution in [-0.2, 0) is 4.74 Å². The first-order valence-corrected chi connectivity index (χ1v) is 5.91. The molecule has 1 N–H and O–H groups in total. The number of rotatable bonds is 3. The van der Waals surface area contributed by atoms with Crippen molar-refractivity contribution < 1.29 is 4.74 Å². The normalized spacial score (nSPS) is 33.8. The monoisotopic (exact) mass is 195 g/mol. The molecule has 0 spiro atoms. The quantitative estimate of drug-likeness (QED) is 0.697. The molecule has 2 rings (SSSR count). The lowest BCUT2D eigenvalue weighted by molar-refractivity contribution is -0.00170. The van der Waals surface area contributed by atoms with Gasteiger partial charge in [-0.3, -0.25) is 0 Å². The number of hydrogen-bond acceptors (Lipinski definition) is 2. The predicted octanol–water partition coefficient (Wildman–Crippen LogP) is 2.25. The van der Waals surface area contributed by atoms with Crippen LogP contribution >= 0.6 is 0 Å². The Kier molecular flexibility index (Phi) is 3.60. The summed E-state index contributed by atoms with van der Waals surface area (Å²) in [6, 6.07) is 1.40. The second kappa shape index (κ2) is 4.94. The third-order valence-corrected chi connectivity index (χ3v) is 3.30. The third kappa shape index (κ3) is 2.58. The first-order valence-electron chi connectivity index (χ1n) is 5.91. The number of ether oxygens (including phenoxy) is 1. The van der Waals surface area contributed by atoms with Crippen LogP contribution in [0.3, 0.4) is 0 Å². The van der Waals surface area contributed by atoms with Crippen LogP contribution < -0.4 is 5.32 Å². The molecule has 0 aromatic heterocycles. The van der Waals surface area contributed by atoms with E-state index in [1.54, 1.807) is 0 Å². The Morgan fingerprint density at radius 1 is 1.29 bits per heavy atom. The van der Waals surface area contributed by atoms with Gasteiger partial charge in [0.2, 0.25) is 0 Å². The molecule has 1 saturated heterocycles. The van der Waals surface area contributed by atoms with E-state index < -0.39 is 0 Å². The van der Waals surface area contributed by atoms with Crippen LogP contribution in [0.2, 0.25) is 0 Å². The molecule has 0 amide bonds. The predicted molar refractivity (Wildman–Crippen MR) is 58.4 cm³/mol. The molecule has 1 heterocycles. The molecular weight excluding hydrogens is 174 g/mol. The third-order valence-electron chi connectivity index (χ3n) is 3.30. The second-order valence-corrected chi connectivity index (χ2v) is 4.43. The van der Waals surface area contributed by atoms with Gasteiger partial charge in [0, 0.05) is 18.7 Å². The first-order chi connectivity index (χ1) is 6.88. The molecule has 80 valence electrons. The van der Waals surface area contributed by atoms with Gasteiger partial charge in [-0.25, -0.2) is 0 Å². The topological polar surface area (TPSA) is 21.3 Å². The molecule has 14 heavy (non-hydrogen) atoms. The fourth-order valence-corrected chi connectivity index (χ4v) is 2.40. The van der Waals surface area contributed by atoms with Crippen molar-refractivity contribution in [3.05, 3.63) is 12.2 Å². The van der Waals surface area contributed by atoms with E-state index in [1.165, 1.54) is 25.7 Å². The first kappa shape index (κ1) is 10.2. The van der Waals surface area contributed by atoms with Crippen LogP contribution in [0.4, 0.5) is 0 Å². The average molecular weight is 195 g/mol. The van der Waals surface area contributed by atoms with Crippen molar-refractivity contribution in [3.8, 4) is 0 Å². The summed E-state index contributed by atoms with van der Waals surface area (Å²) in [5.41, 5.74) is 0. The summed E-state index contributed by atoms with van der Waals surface area (Å²) in [5, 5.41) is 3.74. The van der Waals surface area contributed by atoms with Gasteiger partial charge in [0.1, 0.15) is 0 Å². The van der Waals surface area contributed by atoms with Gasteiger partial charge < -0.3 is 10.1 Å². The minimum Gasteiger partial charge on any atom is -0.378 e. The fraction of sp³-hybridized carbons (Fsp3) is 0.833. The highest BCUT2D eigenvalue weighted by Gasteiger charge is 2.23. The lowest BCUT2D eigenvalue weighted by Gasteiger charge is -2.31. The van der Waals surface area contributed by atoms with Crippen molar-refractivity contribution in [2.45, 2.75) is 57.2 Å². The van der Waals surface area contributed by atoms with E-state index >= 15 is 0 Å². The summed E-state index contributed by atoms with van der Waals surface area (Å²) in [5.74, 6) is 0. The summed E-state index contributed by atoms with van der Waals surface area (Å²) in [6.45, 7) is 3.15. The smallest absolute Gasteiger partial charge is 0.0587 e. The molecule has 1 aliphatic carbocycles. The Morgan fingerprint density at radius 2 is 2.07 bits per heavy atom. The number of hydrogen-bond donors (Lipinski definition) is 1. The maximum absolute atomic E-state index is 5.67. The van der Waals surface area contributed by atoms with Crippen LogP contribution in [0.15, 0.2) is 12.2 Å². The van der Waals surface area contributed by atoms with Crippen molar-refractivity contribution in [2.24, 2.45) is 0 Å². The summed E-state index contributed by atoms with van der Waals surface area (Å²) in [4.78, 5) is 0. The van der Waals surface area contributed by atoms with E-state index in [0.717, 1.165) is 13.0 Å². The van der Waals surface area contributed by atoms with Crippen LogP contribution in [0.1, 0.15) is 39.0 Å². The SMILES string of the molecule is CCC1CC(NC2CC=CC2)CCO1. The summed E-state index contributed by atoms with van der Waals surface area (Å²) in [6.07, 6.45) is 11.0. The maximum atomic E-state index is 5.67. The van der Waals surface area contributed by atoms with E-state index in [0.29, 0.717) is 18.2 Å². The molecular formula is C12H21NO. The lowest BCUT2D eigenvalue weighted by Crippen LogP contribution is -2.43. The molecule has 0 radical (unpaired) electrons. The lowest BCUT2D eigenvalue weighted by atomic mass is 10.0. The van der Waals surface area contributed by atoms with Crippen LogP contribution in [0, 0.1) is 0 Å². The minimum absolute atomic E-state index is 0.496. The Balaban J connectivity index is 1.74. The standard InChI is InChI=1S/C12H21NO/c1-2-12-9-11(7-8-14-12)13-10-5-3-4-6-10/h3-4,10-13H,2,5-9H2,1H3. The highest BCUT2D eigenvalue weighted by atomic mass is 16.5. The minimum atomic E-state index is 0.496. The van der Waals surface area contributed by atoms with Crippen molar-refractivity contribution >= 4 is 0 Å². The zero-order valence-electron chi connectivity index (χ0n) is 9.04. The molecule has 2 unspecified atom stereocenters. The van der Waals surface area contributed by atoms with Gasteiger partial charge in [0.15, 0.2) is 0 Å². The van der Waals surface area contributed by atoms with E-state index in [-0.39, 0.29) is 0 Å². The molecule has 0 saturated carbocycles. The molecule has 1 aliphatic heterocycles. The summed E-state index contributed by atoms with van der Waals surface area (Å²) >= 11 is 0. The van der Waals surface area contributed by atoms with Gasteiger partial charge in [0.05, 0.1) is 6.10 Å².